The smallest absolute Gasteiger partial charge is 0.142 e. The van der Waals surface area contributed by atoms with Crippen LogP contribution in [0.15, 0.2) is 24.3 Å². The van der Waals surface area contributed by atoms with Gasteiger partial charge in [0.15, 0.2) is 0 Å². The van der Waals surface area contributed by atoms with Crippen molar-refractivity contribution in [2.24, 2.45) is 5.92 Å². The van der Waals surface area contributed by atoms with Gasteiger partial charge in [-0.2, -0.15) is 0 Å². The fourth-order valence-electron chi connectivity index (χ4n) is 3.02. The molecule has 2 rings (SSSR count). The molecule has 1 unspecified atom stereocenters. The number of nitrogens with one attached hydrogen (secondary N) is 1. The van der Waals surface area contributed by atoms with Crippen molar-refractivity contribution in [3.63, 3.8) is 0 Å². The molecule has 0 radical (unpaired) electrons. The lowest BCUT2D eigenvalue weighted by Gasteiger charge is -2.47. The minimum Gasteiger partial charge on any atom is -0.495 e. The Morgan fingerprint density at radius 1 is 1.37 bits per heavy atom. The molecule has 0 amide bonds. The predicted octanol–water partition coefficient (Wildman–Crippen LogP) is 2.91. The summed E-state index contributed by atoms with van der Waals surface area (Å²) in [5, 5.41) is 3.31. The normalized spacial score (nSPS) is 22.3. The molecule has 1 heterocycles. The highest BCUT2D eigenvalue weighted by Crippen LogP contribution is 2.39. The van der Waals surface area contributed by atoms with E-state index in [1.54, 1.807) is 7.11 Å². The average molecular weight is 262 g/mol. The number of benzene rings is 1. The van der Waals surface area contributed by atoms with Crippen molar-refractivity contribution in [1.29, 1.82) is 0 Å². The van der Waals surface area contributed by atoms with E-state index >= 15 is 0 Å². The third-order valence-corrected chi connectivity index (χ3v) is 4.20. The Hall–Kier alpha value is -1.22. The van der Waals surface area contributed by atoms with E-state index in [0.29, 0.717) is 5.92 Å². The molecule has 1 aliphatic heterocycles. The summed E-state index contributed by atoms with van der Waals surface area (Å²) in [6, 6.07) is 8.34. The van der Waals surface area contributed by atoms with Crippen molar-refractivity contribution in [3.8, 4) is 5.75 Å². The van der Waals surface area contributed by atoms with E-state index in [-0.39, 0.29) is 5.54 Å². The van der Waals surface area contributed by atoms with E-state index in [1.165, 1.54) is 18.5 Å². The number of nitrogens with zero attached hydrogens (tertiary/aromatic N) is 1. The zero-order valence-corrected chi connectivity index (χ0v) is 12.6. The summed E-state index contributed by atoms with van der Waals surface area (Å²) in [4.78, 5) is 2.51. The van der Waals surface area contributed by atoms with Crippen LogP contribution in [0.25, 0.3) is 0 Å². The van der Waals surface area contributed by atoms with Crippen molar-refractivity contribution in [3.05, 3.63) is 24.3 Å². The summed E-state index contributed by atoms with van der Waals surface area (Å²) >= 11 is 0. The Labute approximate surface area is 116 Å². The first kappa shape index (κ1) is 14.2. The molecule has 19 heavy (non-hydrogen) atoms. The van der Waals surface area contributed by atoms with Gasteiger partial charge in [-0.15, -0.1) is 0 Å². The molecule has 0 spiro atoms. The first-order chi connectivity index (χ1) is 9.08. The quantitative estimate of drug-likeness (QED) is 0.903. The molecule has 3 heteroatoms. The molecule has 1 N–H and O–H groups in total. The number of hydrogen-bond acceptors (Lipinski definition) is 3. The van der Waals surface area contributed by atoms with Crippen LogP contribution in [0, 0.1) is 5.92 Å². The Kier molecular flexibility index (Phi) is 4.35. The second-order valence-corrected chi connectivity index (χ2v) is 6.06. The Morgan fingerprint density at radius 3 is 2.79 bits per heavy atom. The van der Waals surface area contributed by atoms with Gasteiger partial charge in [0.25, 0.3) is 0 Å². The monoisotopic (exact) mass is 262 g/mol. The van der Waals surface area contributed by atoms with E-state index in [0.717, 1.165) is 18.8 Å². The predicted molar refractivity (Wildman–Crippen MR) is 81.1 cm³/mol. The lowest BCUT2D eigenvalue weighted by molar-refractivity contribution is 0.283. The molecule has 0 bridgehead atoms. The average Bonchev–Trinajstić information content (AvgIpc) is 2.41. The first-order valence-electron chi connectivity index (χ1n) is 7.14. The van der Waals surface area contributed by atoms with Gasteiger partial charge < -0.3 is 15.0 Å². The van der Waals surface area contributed by atoms with Crippen molar-refractivity contribution >= 4 is 5.69 Å². The largest absolute Gasteiger partial charge is 0.495 e. The van der Waals surface area contributed by atoms with Crippen molar-refractivity contribution < 1.29 is 4.74 Å². The van der Waals surface area contributed by atoms with E-state index < -0.39 is 0 Å². The third kappa shape index (κ3) is 3.03. The molecule has 1 saturated heterocycles. The van der Waals surface area contributed by atoms with Crippen LogP contribution in [0.1, 0.15) is 26.7 Å². The molecule has 1 atom stereocenters. The van der Waals surface area contributed by atoms with Crippen LogP contribution >= 0.6 is 0 Å². The molecule has 1 aromatic rings. The van der Waals surface area contributed by atoms with Gasteiger partial charge in [0.2, 0.25) is 0 Å². The Bertz CT molecular complexity index is 417. The summed E-state index contributed by atoms with van der Waals surface area (Å²) in [6.45, 7) is 6.83. The summed E-state index contributed by atoms with van der Waals surface area (Å²) in [5.74, 6) is 1.68. The fraction of sp³-hybridized carbons (Fsp3) is 0.625. The molecule has 106 valence electrons. The number of hydrogen-bond donors (Lipinski definition) is 1. The summed E-state index contributed by atoms with van der Waals surface area (Å²) in [5.41, 5.74) is 1.41. The van der Waals surface area contributed by atoms with E-state index in [2.05, 4.69) is 36.2 Å². The van der Waals surface area contributed by atoms with Crippen LogP contribution < -0.4 is 15.0 Å². The number of ether oxygens (including phenoxy) is 1. The number of methoxy groups -OCH3 is 1. The fourth-order valence-corrected chi connectivity index (χ4v) is 3.02. The van der Waals surface area contributed by atoms with Crippen LogP contribution in [0.2, 0.25) is 0 Å². The minimum atomic E-state index is 0.193. The highest BCUT2D eigenvalue weighted by Gasteiger charge is 2.35. The van der Waals surface area contributed by atoms with Gasteiger partial charge in [-0.3, -0.25) is 0 Å². The molecule has 0 saturated carbocycles. The van der Waals surface area contributed by atoms with Crippen molar-refractivity contribution in [2.75, 3.05) is 32.1 Å². The lowest BCUT2D eigenvalue weighted by atomic mass is 9.84. The maximum absolute atomic E-state index is 5.53. The Morgan fingerprint density at radius 2 is 2.11 bits per heavy atom. The zero-order chi connectivity index (χ0) is 13.9. The molecule has 0 aliphatic carbocycles. The maximum atomic E-state index is 5.53. The standard InChI is InChI=1S/C16H26N2O/c1-16(2)10-9-13(11-17-3)12-18(16)14-7-5-6-8-15(14)19-4/h5-8,13,17H,9-12H2,1-4H3. The number of para-hydroxylation sites is 2. The van der Waals surface area contributed by atoms with Crippen LogP contribution in [0.5, 0.6) is 5.75 Å². The Balaban J connectivity index is 2.27. The molecular formula is C16H26N2O. The van der Waals surface area contributed by atoms with Gasteiger partial charge in [-0.05, 0) is 58.3 Å². The minimum absolute atomic E-state index is 0.193. The number of rotatable bonds is 4. The first-order valence-corrected chi connectivity index (χ1v) is 7.14. The van der Waals surface area contributed by atoms with Crippen LogP contribution in [-0.2, 0) is 0 Å². The summed E-state index contributed by atoms with van der Waals surface area (Å²) in [7, 11) is 3.79. The van der Waals surface area contributed by atoms with Crippen LogP contribution in [-0.4, -0.2) is 32.8 Å². The van der Waals surface area contributed by atoms with Crippen molar-refractivity contribution in [1.82, 2.24) is 5.32 Å². The highest BCUT2D eigenvalue weighted by atomic mass is 16.5. The van der Waals surface area contributed by atoms with E-state index in [9.17, 15) is 0 Å². The van der Waals surface area contributed by atoms with Gasteiger partial charge in [-0.1, -0.05) is 12.1 Å². The van der Waals surface area contributed by atoms with Gasteiger partial charge in [0.05, 0.1) is 12.8 Å². The SMILES string of the molecule is CNCC1CCC(C)(C)N(c2ccccc2OC)C1. The van der Waals surface area contributed by atoms with Gasteiger partial charge in [0.1, 0.15) is 5.75 Å². The molecule has 0 aromatic heterocycles. The van der Waals surface area contributed by atoms with Gasteiger partial charge in [0, 0.05) is 12.1 Å². The van der Waals surface area contributed by atoms with E-state index in [4.69, 9.17) is 4.74 Å². The number of piperidine rings is 1. The second kappa shape index (κ2) is 5.83. The number of anilines is 1. The zero-order valence-electron chi connectivity index (χ0n) is 12.6. The molecule has 1 fully saturated rings. The second-order valence-electron chi connectivity index (χ2n) is 6.06. The van der Waals surface area contributed by atoms with Gasteiger partial charge >= 0.3 is 0 Å². The topological polar surface area (TPSA) is 24.5 Å². The molecule has 1 aliphatic rings. The molecular weight excluding hydrogens is 236 g/mol. The highest BCUT2D eigenvalue weighted by molar-refractivity contribution is 5.60. The summed E-state index contributed by atoms with van der Waals surface area (Å²) < 4.78 is 5.53. The molecule has 1 aromatic carbocycles. The van der Waals surface area contributed by atoms with E-state index in [1.807, 2.05) is 19.2 Å². The maximum Gasteiger partial charge on any atom is 0.142 e. The van der Waals surface area contributed by atoms with Gasteiger partial charge in [-0.25, -0.2) is 0 Å². The van der Waals surface area contributed by atoms with Crippen LogP contribution in [0.3, 0.4) is 0 Å². The lowest BCUT2D eigenvalue weighted by Crippen LogP contribution is -2.52. The van der Waals surface area contributed by atoms with Crippen molar-refractivity contribution in [2.45, 2.75) is 32.2 Å². The third-order valence-electron chi connectivity index (χ3n) is 4.20. The van der Waals surface area contributed by atoms with Crippen LogP contribution in [0.4, 0.5) is 5.69 Å². The molecule has 3 nitrogen and oxygen atoms in total. The summed E-state index contributed by atoms with van der Waals surface area (Å²) in [6.07, 6.45) is 2.51.